The third-order valence-corrected chi connectivity index (χ3v) is 3.84. The molecule has 1 saturated carbocycles. The van der Waals surface area contributed by atoms with Crippen molar-refractivity contribution < 1.29 is 4.39 Å². The number of hydrazine groups is 1. The average Bonchev–Trinajstić information content (AvgIpc) is 2.76. The van der Waals surface area contributed by atoms with Crippen LogP contribution in [0.25, 0.3) is 0 Å². The fourth-order valence-corrected chi connectivity index (χ4v) is 3.07. The fourth-order valence-electron chi connectivity index (χ4n) is 3.07. The smallest absolute Gasteiger partial charge is 0.128 e. The van der Waals surface area contributed by atoms with Gasteiger partial charge in [0.1, 0.15) is 5.82 Å². The lowest BCUT2D eigenvalue weighted by Crippen LogP contribution is -2.34. The molecule has 3 heteroatoms. The molecule has 1 aliphatic carbocycles. The van der Waals surface area contributed by atoms with E-state index in [2.05, 4.69) is 5.43 Å². The highest BCUT2D eigenvalue weighted by Gasteiger charge is 2.28. The van der Waals surface area contributed by atoms with E-state index < -0.39 is 0 Å². The van der Waals surface area contributed by atoms with Crippen LogP contribution in [0.2, 0.25) is 0 Å². The summed E-state index contributed by atoms with van der Waals surface area (Å²) < 4.78 is 14.1. The van der Waals surface area contributed by atoms with E-state index in [1.807, 2.05) is 19.9 Å². The topological polar surface area (TPSA) is 38.0 Å². The van der Waals surface area contributed by atoms with Gasteiger partial charge in [0.25, 0.3) is 0 Å². The molecule has 2 nitrogen and oxygen atoms in total. The van der Waals surface area contributed by atoms with Crippen LogP contribution in [0.4, 0.5) is 4.39 Å². The third-order valence-electron chi connectivity index (χ3n) is 3.84. The van der Waals surface area contributed by atoms with Crippen molar-refractivity contribution in [2.24, 2.45) is 11.8 Å². The zero-order valence-corrected chi connectivity index (χ0v) is 10.6. The van der Waals surface area contributed by atoms with Crippen molar-refractivity contribution in [2.45, 2.75) is 45.6 Å². The van der Waals surface area contributed by atoms with Crippen molar-refractivity contribution in [3.05, 3.63) is 34.6 Å². The van der Waals surface area contributed by atoms with Crippen molar-refractivity contribution in [1.29, 1.82) is 0 Å². The van der Waals surface area contributed by atoms with E-state index in [-0.39, 0.29) is 11.9 Å². The quantitative estimate of drug-likeness (QED) is 0.625. The van der Waals surface area contributed by atoms with E-state index in [4.69, 9.17) is 5.84 Å². The predicted octanol–water partition coefficient (Wildman–Crippen LogP) is 3.14. The molecule has 1 aromatic rings. The SMILES string of the molecule is Cc1cc(C)c(C(NN)C2CCCC2)c(F)c1. The molecule has 1 aromatic carbocycles. The number of hydrogen-bond acceptors (Lipinski definition) is 2. The summed E-state index contributed by atoms with van der Waals surface area (Å²) in [5, 5.41) is 0. The Labute approximate surface area is 102 Å². The Morgan fingerprint density at radius 2 is 1.94 bits per heavy atom. The number of aryl methyl sites for hydroxylation is 2. The number of nitrogens with two attached hydrogens (primary N) is 1. The van der Waals surface area contributed by atoms with Crippen molar-refractivity contribution in [3.8, 4) is 0 Å². The number of benzene rings is 1. The Balaban J connectivity index is 2.36. The monoisotopic (exact) mass is 236 g/mol. The van der Waals surface area contributed by atoms with Crippen LogP contribution in [0.3, 0.4) is 0 Å². The lowest BCUT2D eigenvalue weighted by atomic mass is 9.88. The minimum atomic E-state index is -0.127. The lowest BCUT2D eigenvalue weighted by molar-refractivity contribution is 0.361. The summed E-state index contributed by atoms with van der Waals surface area (Å²) in [6, 6.07) is 3.58. The maximum atomic E-state index is 14.1. The summed E-state index contributed by atoms with van der Waals surface area (Å²) in [7, 11) is 0. The first-order chi connectivity index (χ1) is 8.13. The molecule has 0 aromatic heterocycles. The highest BCUT2D eigenvalue weighted by Crippen LogP contribution is 2.37. The second kappa shape index (κ2) is 5.15. The summed E-state index contributed by atoms with van der Waals surface area (Å²) >= 11 is 0. The Kier molecular flexibility index (Phi) is 3.79. The first-order valence-corrected chi connectivity index (χ1v) is 6.36. The van der Waals surface area contributed by atoms with Gasteiger partial charge in [-0.1, -0.05) is 18.9 Å². The largest absolute Gasteiger partial charge is 0.271 e. The van der Waals surface area contributed by atoms with Gasteiger partial charge < -0.3 is 0 Å². The summed E-state index contributed by atoms with van der Waals surface area (Å²) in [4.78, 5) is 0. The molecular formula is C14H21FN2. The van der Waals surface area contributed by atoms with Gasteiger partial charge in [-0.3, -0.25) is 11.3 Å². The van der Waals surface area contributed by atoms with Crippen molar-refractivity contribution in [2.75, 3.05) is 0 Å². The molecule has 3 N–H and O–H groups in total. The average molecular weight is 236 g/mol. The highest BCUT2D eigenvalue weighted by atomic mass is 19.1. The molecule has 94 valence electrons. The normalized spacial score (nSPS) is 18.6. The van der Waals surface area contributed by atoms with Crippen molar-refractivity contribution >= 4 is 0 Å². The van der Waals surface area contributed by atoms with E-state index in [0.717, 1.165) is 29.5 Å². The lowest BCUT2D eigenvalue weighted by Gasteiger charge is -2.25. The second-order valence-electron chi connectivity index (χ2n) is 5.17. The minimum absolute atomic E-state index is 0.0434. The van der Waals surface area contributed by atoms with E-state index in [0.29, 0.717) is 5.92 Å². The second-order valence-corrected chi connectivity index (χ2v) is 5.17. The molecule has 0 amide bonds. The van der Waals surface area contributed by atoms with Gasteiger partial charge in [0.05, 0.1) is 6.04 Å². The van der Waals surface area contributed by atoms with Gasteiger partial charge in [0, 0.05) is 5.56 Å². The van der Waals surface area contributed by atoms with Gasteiger partial charge in [-0.15, -0.1) is 0 Å². The van der Waals surface area contributed by atoms with Crippen LogP contribution in [-0.2, 0) is 0 Å². The Morgan fingerprint density at radius 1 is 1.29 bits per heavy atom. The molecular weight excluding hydrogens is 215 g/mol. The standard InChI is InChI=1S/C14H21FN2/c1-9-7-10(2)13(12(15)8-9)14(17-16)11-5-3-4-6-11/h7-8,11,14,17H,3-6,16H2,1-2H3. The molecule has 17 heavy (non-hydrogen) atoms. The van der Waals surface area contributed by atoms with Gasteiger partial charge in [0.2, 0.25) is 0 Å². The molecule has 0 aliphatic heterocycles. The number of rotatable bonds is 3. The van der Waals surface area contributed by atoms with Gasteiger partial charge in [0.15, 0.2) is 0 Å². The van der Waals surface area contributed by atoms with Crippen LogP contribution < -0.4 is 11.3 Å². The minimum Gasteiger partial charge on any atom is -0.271 e. The summed E-state index contributed by atoms with van der Waals surface area (Å²) in [6.45, 7) is 3.88. The van der Waals surface area contributed by atoms with E-state index in [1.165, 1.54) is 12.8 Å². The third kappa shape index (κ3) is 2.50. The van der Waals surface area contributed by atoms with Crippen LogP contribution >= 0.6 is 0 Å². The molecule has 0 spiro atoms. The molecule has 0 heterocycles. The molecule has 1 unspecified atom stereocenters. The summed E-state index contributed by atoms with van der Waals surface area (Å²) in [5.41, 5.74) is 5.54. The van der Waals surface area contributed by atoms with E-state index in [9.17, 15) is 4.39 Å². The first-order valence-electron chi connectivity index (χ1n) is 6.36. The van der Waals surface area contributed by atoms with Crippen molar-refractivity contribution in [3.63, 3.8) is 0 Å². The zero-order valence-electron chi connectivity index (χ0n) is 10.6. The number of hydrogen-bond donors (Lipinski definition) is 2. The molecule has 2 rings (SSSR count). The Bertz CT molecular complexity index is 374. The van der Waals surface area contributed by atoms with Crippen LogP contribution in [0.1, 0.15) is 48.4 Å². The number of halogens is 1. The Hall–Kier alpha value is -0.930. The maximum absolute atomic E-state index is 14.1. The molecule has 1 fully saturated rings. The van der Waals surface area contributed by atoms with Crippen molar-refractivity contribution in [1.82, 2.24) is 5.43 Å². The van der Waals surface area contributed by atoms with E-state index >= 15 is 0 Å². The molecule has 0 radical (unpaired) electrons. The number of nitrogens with one attached hydrogen (secondary N) is 1. The van der Waals surface area contributed by atoms with Crippen LogP contribution in [0.5, 0.6) is 0 Å². The van der Waals surface area contributed by atoms with Gasteiger partial charge in [-0.2, -0.15) is 0 Å². The first kappa shape index (κ1) is 12.5. The van der Waals surface area contributed by atoms with Crippen LogP contribution in [-0.4, -0.2) is 0 Å². The molecule has 1 atom stereocenters. The highest BCUT2D eigenvalue weighted by molar-refractivity contribution is 5.34. The summed E-state index contributed by atoms with van der Waals surface area (Å²) in [5.74, 6) is 5.98. The van der Waals surface area contributed by atoms with Gasteiger partial charge in [-0.25, -0.2) is 4.39 Å². The van der Waals surface area contributed by atoms with Gasteiger partial charge >= 0.3 is 0 Å². The molecule has 1 aliphatic rings. The maximum Gasteiger partial charge on any atom is 0.128 e. The van der Waals surface area contributed by atoms with Crippen LogP contribution in [0.15, 0.2) is 12.1 Å². The van der Waals surface area contributed by atoms with Gasteiger partial charge in [-0.05, 0) is 49.8 Å². The molecule has 0 saturated heterocycles. The Morgan fingerprint density at radius 3 is 2.47 bits per heavy atom. The zero-order chi connectivity index (χ0) is 12.4. The van der Waals surface area contributed by atoms with Crippen LogP contribution in [0, 0.1) is 25.6 Å². The molecule has 0 bridgehead atoms. The summed E-state index contributed by atoms with van der Waals surface area (Å²) in [6.07, 6.45) is 4.74. The van der Waals surface area contributed by atoms with E-state index in [1.54, 1.807) is 6.07 Å². The fraction of sp³-hybridized carbons (Fsp3) is 0.571. The predicted molar refractivity (Wildman–Crippen MR) is 67.9 cm³/mol.